The summed E-state index contributed by atoms with van der Waals surface area (Å²) in [4.78, 5) is 7.04. The highest BCUT2D eigenvalue weighted by Crippen LogP contribution is 2.26. The molecule has 3 N–H and O–H groups in total. The number of piperidine rings is 1. The van der Waals surface area contributed by atoms with Gasteiger partial charge in [0, 0.05) is 19.0 Å². The highest BCUT2D eigenvalue weighted by Gasteiger charge is 2.22. The molecule has 0 atom stereocenters. The lowest BCUT2D eigenvalue weighted by Crippen LogP contribution is -2.36. The third-order valence-corrected chi connectivity index (χ3v) is 4.38. The Morgan fingerprint density at radius 1 is 1.25 bits per heavy atom. The average molecular weight is 279 g/mol. The van der Waals surface area contributed by atoms with Crippen LogP contribution in [-0.2, 0) is 0 Å². The van der Waals surface area contributed by atoms with Gasteiger partial charge >= 0.3 is 0 Å². The van der Waals surface area contributed by atoms with Gasteiger partial charge in [-0.25, -0.2) is 0 Å². The maximum Gasteiger partial charge on any atom is 0.244 e. The summed E-state index contributed by atoms with van der Waals surface area (Å²) in [5.41, 5.74) is 5.74. The van der Waals surface area contributed by atoms with Gasteiger partial charge < -0.3 is 10.6 Å². The van der Waals surface area contributed by atoms with E-state index in [4.69, 9.17) is 10.7 Å². The topological polar surface area (TPSA) is 70.8 Å². The molecule has 1 aromatic heterocycles. The minimum absolute atomic E-state index is 0.535. The van der Waals surface area contributed by atoms with E-state index in [0.717, 1.165) is 44.2 Å². The lowest BCUT2D eigenvalue weighted by atomic mass is 9.97. The molecule has 0 saturated carbocycles. The first kappa shape index (κ1) is 15.3. The minimum atomic E-state index is 0.535. The summed E-state index contributed by atoms with van der Waals surface area (Å²) in [5.74, 6) is 3.17. The monoisotopic (exact) mass is 279 g/mol. The Bertz CT molecular complexity index is 375. The van der Waals surface area contributed by atoms with Gasteiger partial charge in [0.2, 0.25) is 5.95 Å². The van der Waals surface area contributed by atoms with E-state index in [1.54, 1.807) is 0 Å². The second kappa shape index (κ2) is 7.62. The normalized spacial score (nSPS) is 17.1. The fourth-order valence-electron chi connectivity index (χ4n) is 3.07. The number of nitrogens with one attached hydrogen (secondary N) is 1. The quantitative estimate of drug-likeness (QED) is 0.805. The summed E-state index contributed by atoms with van der Waals surface area (Å²) in [6, 6.07) is 0. The third-order valence-electron chi connectivity index (χ3n) is 4.38. The summed E-state index contributed by atoms with van der Waals surface area (Å²) in [6.07, 6.45) is 7.10. The molecule has 114 valence electrons. The molecule has 0 spiro atoms. The summed E-state index contributed by atoms with van der Waals surface area (Å²) >= 11 is 0. The zero-order valence-electron chi connectivity index (χ0n) is 12.9. The van der Waals surface area contributed by atoms with Crippen LogP contribution in [0.3, 0.4) is 0 Å². The number of rotatable bonds is 7. The molecule has 0 aromatic carbocycles. The van der Waals surface area contributed by atoms with E-state index in [2.05, 4.69) is 28.9 Å². The van der Waals surface area contributed by atoms with Crippen molar-refractivity contribution in [2.24, 2.45) is 11.7 Å². The fraction of sp³-hybridized carbons (Fsp3) is 0.867. The van der Waals surface area contributed by atoms with Gasteiger partial charge in [-0.1, -0.05) is 26.7 Å². The number of aromatic nitrogens is 3. The number of H-pyrrole nitrogens is 1. The third kappa shape index (κ3) is 3.72. The van der Waals surface area contributed by atoms with Crippen molar-refractivity contribution in [1.82, 2.24) is 15.2 Å². The maximum atomic E-state index is 5.74. The highest BCUT2D eigenvalue weighted by atomic mass is 15.4. The Balaban J connectivity index is 1.97. The van der Waals surface area contributed by atoms with Crippen molar-refractivity contribution in [3.05, 3.63) is 5.82 Å². The van der Waals surface area contributed by atoms with E-state index in [1.807, 2.05) is 0 Å². The Kier molecular flexibility index (Phi) is 5.83. The van der Waals surface area contributed by atoms with Crippen LogP contribution in [0.2, 0.25) is 0 Å². The molecule has 0 aliphatic carbocycles. The van der Waals surface area contributed by atoms with Crippen LogP contribution in [0, 0.1) is 5.92 Å². The zero-order chi connectivity index (χ0) is 14.4. The second-order valence-electron chi connectivity index (χ2n) is 5.96. The molecule has 2 rings (SSSR count). The first-order valence-corrected chi connectivity index (χ1v) is 8.15. The van der Waals surface area contributed by atoms with Gasteiger partial charge in [-0.3, -0.25) is 5.10 Å². The molecule has 5 nitrogen and oxygen atoms in total. The Morgan fingerprint density at radius 3 is 2.45 bits per heavy atom. The second-order valence-corrected chi connectivity index (χ2v) is 5.96. The molecular formula is C15H29N5. The van der Waals surface area contributed by atoms with Crippen LogP contribution in [0.1, 0.15) is 64.1 Å². The predicted molar refractivity (Wildman–Crippen MR) is 82.9 cm³/mol. The van der Waals surface area contributed by atoms with E-state index < -0.39 is 0 Å². The van der Waals surface area contributed by atoms with E-state index in [9.17, 15) is 0 Å². The first-order valence-electron chi connectivity index (χ1n) is 8.15. The molecule has 20 heavy (non-hydrogen) atoms. The molecular weight excluding hydrogens is 250 g/mol. The van der Waals surface area contributed by atoms with Crippen molar-refractivity contribution in [2.75, 3.05) is 24.5 Å². The van der Waals surface area contributed by atoms with Gasteiger partial charge in [-0.15, -0.1) is 5.10 Å². The van der Waals surface area contributed by atoms with Crippen molar-refractivity contribution in [1.29, 1.82) is 0 Å². The number of hydrogen-bond acceptors (Lipinski definition) is 4. The molecule has 0 unspecified atom stereocenters. The van der Waals surface area contributed by atoms with Crippen molar-refractivity contribution in [2.45, 2.75) is 58.3 Å². The number of anilines is 1. The Morgan fingerprint density at radius 2 is 1.90 bits per heavy atom. The number of nitrogens with zero attached hydrogens (tertiary/aromatic N) is 3. The molecule has 1 saturated heterocycles. The molecule has 5 heteroatoms. The van der Waals surface area contributed by atoms with Gasteiger partial charge in [0.25, 0.3) is 0 Å². The summed E-state index contributed by atoms with van der Waals surface area (Å²) in [5, 5.41) is 7.61. The molecule has 1 aromatic rings. The van der Waals surface area contributed by atoms with Gasteiger partial charge in [0.1, 0.15) is 5.82 Å². The summed E-state index contributed by atoms with van der Waals surface area (Å²) in [7, 11) is 0. The highest BCUT2D eigenvalue weighted by molar-refractivity contribution is 5.29. The van der Waals surface area contributed by atoms with Crippen LogP contribution >= 0.6 is 0 Å². The van der Waals surface area contributed by atoms with Gasteiger partial charge in [-0.05, 0) is 38.1 Å². The van der Waals surface area contributed by atoms with Crippen molar-refractivity contribution >= 4 is 5.95 Å². The van der Waals surface area contributed by atoms with Gasteiger partial charge in [0.15, 0.2) is 0 Å². The van der Waals surface area contributed by atoms with E-state index in [0.29, 0.717) is 11.8 Å². The van der Waals surface area contributed by atoms with Crippen molar-refractivity contribution in [3.8, 4) is 0 Å². The first-order chi connectivity index (χ1) is 9.78. The van der Waals surface area contributed by atoms with Crippen LogP contribution in [0.15, 0.2) is 0 Å². The molecule has 0 radical (unpaired) electrons. The molecule has 0 amide bonds. The fourth-order valence-corrected chi connectivity index (χ4v) is 3.07. The van der Waals surface area contributed by atoms with E-state index in [1.165, 1.54) is 25.7 Å². The van der Waals surface area contributed by atoms with Crippen LogP contribution in [-0.4, -0.2) is 34.8 Å². The average Bonchev–Trinajstić information content (AvgIpc) is 2.97. The van der Waals surface area contributed by atoms with Crippen LogP contribution in [0.5, 0.6) is 0 Å². The number of nitrogens with two attached hydrogens (primary N) is 1. The van der Waals surface area contributed by atoms with Crippen molar-refractivity contribution in [3.63, 3.8) is 0 Å². The Labute approximate surface area is 122 Å². The SMILES string of the molecule is CCCC(CCC)c1nc(N2CCC(CN)CC2)n[nH]1. The summed E-state index contributed by atoms with van der Waals surface area (Å²) in [6.45, 7) is 7.34. The molecule has 1 fully saturated rings. The molecule has 2 heterocycles. The molecule has 0 bridgehead atoms. The van der Waals surface area contributed by atoms with E-state index >= 15 is 0 Å². The predicted octanol–water partition coefficient (Wildman–Crippen LogP) is 2.66. The Hall–Kier alpha value is -1.10. The molecule has 1 aliphatic heterocycles. The minimum Gasteiger partial charge on any atom is -0.340 e. The lowest BCUT2D eigenvalue weighted by molar-refractivity contribution is 0.411. The lowest BCUT2D eigenvalue weighted by Gasteiger charge is -2.30. The number of aromatic amines is 1. The smallest absolute Gasteiger partial charge is 0.244 e. The summed E-state index contributed by atoms with van der Waals surface area (Å²) < 4.78 is 0. The molecule has 1 aliphatic rings. The van der Waals surface area contributed by atoms with Gasteiger partial charge in [0.05, 0.1) is 0 Å². The largest absolute Gasteiger partial charge is 0.340 e. The maximum absolute atomic E-state index is 5.74. The van der Waals surface area contributed by atoms with Crippen molar-refractivity contribution < 1.29 is 0 Å². The van der Waals surface area contributed by atoms with Crippen LogP contribution in [0.25, 0.3) is 0 Å². The zero-order valence-corrected chi connectivity index (χ0v) is 12.9. The number of hydrogen-bond donors (Lipinski definition) is 2. The van der Waals surface area contributed by atoms with Crippen LogP contribution in [0.4, 0.5) is 5.95 Å². The standard InChI is InChI=1S/C15H29N5/c1-3-5-13(6-4-2)14-17-15(19-18-14)20-9-7-12(11-16)8-10-20/h12-13H,3-11,16H2,1-2H3,(H,17,18,19). The van der Waals surface area contributed by atoms with Crippen LogP contribution < -0.4 is 10.6 Å². The van der Waals surface area contributed by atoms with E-state index in [-0.39, 0.29) is 0 Å². The van der Waals surface area contributed by atoms with Gasteiger partial charge in [-0.2, -0.15) is 4.98 Å².